The first kappa shape index (κ1) is 25.8. The first-order chi connectivity index (χ1) is 13.0. The Bertz CT molecular complexity index is 420. The van der Waals surface area contributed by atoms with E-state index < -0.39 is 20.4 Å². The molecular formula is C16H37I2N6O3-. The summed E-state index contributed by atoms with van der Waals surface area (Å²) in [6.07, 6.45) is 3.66. The predicted octanol–water partition coefficient (Wildman–Crippen LogP) is -1.84. The molecule has 0 aromatic rings. The third kappa shape index (κ3) is 9.91. The molecule has 3 atom stereocenters. The molecule has 0 aliphatic carbocycles. The van der Waals surface area contributed by atoms with Gasteiger partial charge in [0.05, 0.1) is 0 Å². The number of hydrogen-bond acceptors (Lipinski definition) is 9. The van der Waals surface area contributed by atoms with Crippen LogP contribution in [0.2, 0.25) is 0 Å². The van der Waals surface area contributed by atoms with Crippen molar-refractivity contribution in [1.29, 1.82) is 0 Å². The van der Waals surface area contributed by atoms with Gasteiger partial charge in [-0.1, -0.05) is 0 Å². The second-order valence-electron chi connectivity index (χ2n) is 6.26. The van der Waals surface area contributed by atoms with E-state index in [1.807, 2.05) is 7.05 Å². The first-order valence-electron chi connectivity index (χ1n) is 9.16. The molecular weight excluding hydrogens is 578 g/mol. The van der Waals surface area contributed by atoms with Crippen LogP contribution in [-0.4, -0.2) is 64.7 Å². The molecule has 1 aliphatic rings. The van der Waals surface area contributed by atoms with Gasteiger partial charge in [0.2, 0.25) is 0 Å². The van der Waals surface area contributed by atoms with Crippen molar-refractivity contribution in [3.63, 3.8) is 0 Å². The Balaban J connectivity index is 2.55. The van der Waals surface area contributed by atoms with E-state index in [0.717, 1.165) is 32.2 Å². The fraction of sp³-hybridized carbons (Fsp3) is 0.938. The van der Waals surface area contributed by atoms with Gasteiger partial charge in [0.1, 0.15) is 0 Å². The van der Waals surface area contributed by atoms with Crippen LogP contribution in [0.3, 0.4) is 0 Å². The summed E-state index contributed by atoms with van der Waals surface area (Å²) in [7, 11) is 5.16. The average molecular weight is 615 g/mol. The number of nitrogens with two attached hydrogens (primary N) is 1. The molecule has 1 aliphatic heterocycles. The van der Waals surface area contributed by atoms with E-state index in [4.69, 9.17) is 18.2 Å². The first-order valence-corrected chi connectivity index (χ1v) is 15.2. The second kappa shape index (κ2) is 14.7. The molecule has 0 saturated carbocycles. The molecule has 11 heteroatoms. The third-order valence-corrected chi connectivity index (χ3v) is 9.64. The molecule has 0 saturated heterocycles. The fourth-order valence-electron chi connectivity index (χ4n) is 2.49. The van der Waals surface area contributed by atoms with Crippen molar-refractivity contribution in [2.24, 2.45) is 8.94 Å². The van der Waals surface area contributed by atoms with Gasteiger partial charge < -0.3 is 0 Å². The van der Waals surface area contributed by atoms with Crippen molar-refractivity contribution in [2.75, 3.05) is 39.0 Å². The van der Waals surface area contributed by atoms with E-state index in [1.165, 1.54) is 0 Å². The van der Waals surface area contributed by atoms with Gasteiger partial charge in [0.15, 0.2) is 0 Å². The SMILES string of the molecule is CC[C@@]1(C)N[C@@H](OC)NI(N)CN=C[I-]N1CCCCCO[C@H](NC)OC. The van der Waals surface area contributed by atoms with E-state index in [0.29, 0.717) is 11.2 Å². The van der Waals surface area contributed by atoms with Crippen molar-refractivity contribution in [3.8, 4) is 0 Å². The zero-order chi connectivity index (χ0) is 20.1. The number of rotatable bonds is 11. The Kier molecular flexibility index (Phi) is 14.1. The summed E-state index contributed by atoms with van der Waals surface area (Å²) in [6, 6.07) is 0. The second-order valence-corrected chi connectivity index (χ2v) is 12.1. The molecule has 0 bridgehead atoms. The van der Waals surface area contributed by atoms with Crippen molar-refractivity contribution in [3.05, 3.63) is 0 Å². The normalized spacial score (nSPS) is 27.9. The molecule has 164 valence electrons. The van der Waals surface area contributed by atoms with Crippen molar-refractivity contribution in [2.45, 2.75) is 58.0 Å². The van der Waals surface area contributed by atoms with Crippen LogP contribution in [0.25, 0.3) is 0 Å². The quantitative estimate of drug-likeness (QED) is 0.0538. The average Bonchev–Trinajstić information content (AvgIpc) is 2.67. The third-order valence-electron chi connectivity index (χ3n) is 4.29. The fourth-order valence-corrected chi connectivity index (χ4v) is 7.59. The molecule has 1 heterocycles. The molecule has 0 fully saturated rings. The van der Waals surface area contributed by atoms with Gasteiger partial charge >= 0.3 is 183 Å². The van der Waals surface area contributed by atoms with Crippen LogP contribution in [-0.2, 0) is 14.2 Å². The van der Waals surface area contributed by atoms with Gasteiger partial charge in [0, 0.05) is 0 Å². The molecule has 5 N–H and O–H groups in total. The van der Waals surface area contributed by atoms with E-state index in [9.17, 15) is 0 Å². The van der Waals surface area contributed by atoms with Gasteiger partial charge in [-0.3, -0.25) is 0 Å². The minimum atomic E-state index is -1.77. The standard InChI is InChI=1S/C16H37I2N6O3/c1-6-16(2)22-14(25-4)23-18(19)13-21-12-17-24(16)10-8-7-9-11-27-15(20-3)26-5/h12,14-15,20,22-23H,6-11,13,19H2,1-5H3/q-1/t14-,15-,16+/m1/s1. The van der Waals surface area contributed by atoms with Crippen LogP contribution in [0.5, 0.6) is 0 Å². The summed E-state index contributed by atoms with van der Waals surface area (Å²) in [5.74, 6) is 0. The zero-order valence-corrected chi connectivity index (χ0v) is 21.4. The van der Waals surface area contributed by atoms with Gasteiger partial charge in [0.25, 0.3) is 0 Å². The summed E-state index contributed by atoms with van der Waals surface area (Å²) >= 11 is -2.08. The van der Waals surface area contributed by atoms with E-state index in [1.54, 1.807) is 14.2 Å². The van der Waals surface area contributed by atoms with Crippen LogP contribution in [0.15, 0.2) is 4.99 Å². The summed E-state index contributed by atoms with van der Waals surface area (Å²) in [6.45, 7) is 6.16. The molecule has 1 rings (SSSR count). The molecule has 27 heavy (non-hydrogen) atoms. The Labute approximate surface area is 182 Å². The predicted molar refractivity (Wildman–Crippen MR) is 114 cm³/mol. The Morgan fingerprint density at radius 3 is 2.85 bits per heavy atom. The van der Waals surface area contributed by atoms with Gasteiger partial charge in [-0.15, -0.1) is 0 Å². The molecule has 0 aromatic heterocycles. The maximum absolute atomic E-state index is 6.21. The van der Waals surface area contributed by atoms with Gasteiger partial charge in [-0.25, -0.2) is 0 Å². The Morgan fingerprint density at radius 1 is 1.44 bits per heavy atom. The van der Waals surface area contributed by atoms with Crippen molar-refractivity contribution in [1.82, 2.24) is 17.3 Å². The van der Waals surface area contributed by atoms with E-state index in [2.05, 4.69) is 40.3 Å². The van der Waals surface area contributed by atoms with Gasteiger partial charge in [-0.2, -0.15) is 0 Å². The number of hydrogen-bond donors (Lipinski definition) is 4. The van der Waals surface area contributed by atoms with Gasteiger partial charge in [-0.05, 0) is 0 Å². The Hall–Kier alpha value is 0.810. The molecule has 9 nitrogen and oxygen atoms in total. The number of nitrogens with one attached hydrogen (secondary N) is 3. The van der Waals surface area contributed by atoms with Crippen LogP contribution in [0.4, 0.5) is 0 Å². The summed E-state index contributed by atoms with van der Waals surface area (Å²) in [5, 5.41) is 6.59. The Morgan fingerprint density at radius 2 is 2.22 bits per heavy atom. The summed E-state index contributed by atoms with van der Waals surface area (Å²) < 4.78 is 31.3. The number of nitrogens with zero attached hydrogens (tertiary/aromatic N) is 2. The number of aliphatic imine (C=N–C) groups is 1. The number of methoxy groups -OCH3 is 2. The minimum absolute atomic E-state index is 0.148. The summed E-state index contributed by atoms with van der Waals surface area (Å²) in [4.78, 5) is 4.57. The number of alkyl halides is 1. The molecule has 0 amide bonds. The summed E-state index contributed by atoms with van der Waals surface area (Å²) in [5.41, 5.74) is -0.148. The molecule has 0 spiro atoms. The van der Waals surface area contributed by atoms with E-state index in [-0.39, 0.29) is 39.9 Å². The number of halogens is 2. The van der Waals surface area contributed by atoms with Crippen molar-refractivity contribution >= 4 is 24.6 Å². The molecule has 0 radical (unpaired) electrons. The van der Waals surface area contributed by atoms with Crippen LogP contribution >= 0.6 is 20.4 Å². The molecule has 0 unspecified atom stereocenters. The molecule has 0 aromatic carbocycles. The van der Waals surface area contributed by atoms with Crippen molar-refractivity contribution < 1.29 is 35.7 Å². The van der Waals surface area contributed by atoms with Crippen LogP contribution < -0.4 is 39.6 Å². The van der Waals surface area contributed by atoms with Crippen LogP contribution in [0.1, 0.15) is 39.5 Å². The van der Waals surface area contributed by atoms with E-state index >= 15 is 0 Å². The monoisotopic (exact) mass is 615 g/mol. The van der Waals surface area contributed by atoms with Crippen LogP contribution in [0, 0.1) is 0 Å². The maximum atomic E-state index is 6.21. The number of ether oxygens (including phenoxy) is 3. The number of unbranched alkanes of at least 4 members (excludes halogenated alkanes) is 2. The zero-order valence-electron chi connectivity index (χ0n) is 17.1. The topological polar surface area (TPSA) is 105 Å².